The summed E-state index contributed by atoms with van der Waals surface area (Å²) < 4.78 is 26.4. The molecule has 30 heavy (non-hydrogen) atoms. The Balaban J connectivity index is 1.34. The van der Waals surface area contributed by atoms with E-state index in [9.17, 15) is 18.4 Å². The summed E-state index contributed by atoms with van der Waals surface area (Å²) >= 11 is 1.27. The average Bonchev–Trinajstić information content (AvgIpc) is 3.30. The van der Waals surface area contributed by atoms with Crippen molar-refractivity contribution in [1.82, 2.24) is 4.98 Å². The number of hydrogen-bond donors (Lipinski definition) is 2. The summed E-state index contributed by atoms with van der Waals surface area (Å²) in [6.45, 7) is 2.04. The molecule has 0 bridgehead atoms. The smallest absolute Gasteiger partial charge is 0.257 e. The first-order valence-corrected chi connectivity index (χ1v) is 10.3. The summed E-state index contributed by atoms with van der Waals surface area (Å²) in [5.74, 6) is -1.58. The third-order valence-electron chi connectivity index (χ3n) is 5.00. The minimum absolute atomic E-state index is 0.0102. The summed E-state index contributed by atoms with van der Waals surface area (Å²) in [6.07, 6.45) is 2.90. The van der Waals surface area contributed by atoms with Crippen molar-refractivity contribution in [1.29, 1.82) is 0 Å². The fourth-order valence-corrected chi connectivity index (χ4v) is 3.94. The van der Waals surface area contributed by atoms with Crippen LogP contribution in [-0.4, -0.2) is 16.8 Å². The molecule has 0 radical (unpaired) electrons. The van der Waals surface area contributed by atoms with Crippen LogP contribution in [0.2, 0.25) is 0 Å². The average molecular weight is 427 g/mol. The van der Waals surface area contributed by atoms with E-state index in [-0.39, 0.29) is 17.7 Å². The molecule has 2 N–H and O–H groups in total. The molecule has 5 nitrogen and oxygen atoms in total. The molecule has 0 spiro atoms. The SMILES string of the molecule is CC1CC1C(=O)Nc1ccc(C(=O)Nc2ncc(Cc3ccc(F)c(F)c3)s2)cc1. The number of halogens is 2. The summed E-state index contributed by atoms with van der Waals surface area (Å²) in [5.41, 5.74) is 1.71. The number of hydrogen-bond acceptors (Lipinski definition) is 4. The number of carbonyl (C=O) groups excluding carboxylic acids is 2. The Morgan fingerprint density at radius 3 is 2.50 bits per heavy atom. The van der Waals surface area contributed by atoms with Gasteiger partial charge in [0.25, 0.3) is 5.91 Å². The van der Waals surface area contributed by atoms with Crippen LogP contribution in [0.25, 0.3) is 0 Å². The maximum absolute atomic E-state index is 13.3. The van der Waals surface area contributed by atoms with E-state index in [2.05, 4.69) is 15.6 Å². The molecule has 1 aliphatic carbocycles. The standard InChI is InChI=1S/C22H19F2N3O2S/c1-12-8-17(12)21(29)26-15-5-3-14(4-6-15)20(28)27-22-25-11-16(30-22)9-13-2-7-18(23)19(24)10-13/h2-7,10-12,17H,8-9H2,1H3,(H,26,29)(H,25,27,28). The third kappa shape index (κ3) is 4.71. The van der Waals surface area contributed by atoms with Crippen molar-refractivity contribution >= 4 is 34.0 Å². The van der Waals surface area contributed by atoms with Gasteiger partial charge in [-0.2, -0.15) is 0 Å². The molecule has 1 heterocycles. The van der Waals surface area contributed by atoms with Gasteiger partial charge < -0.3 is 5.32 Å². The Morgan fingerprint density at radius 1 is 1.10 bits per heavy atom. The monoisotopic (exact) mass is 427 g/mol. The second kappa shape index (κ2) is 8.31. The molecule has 1 saturated carbocycles. The number of rotatable bonds is 6. The molecule has 0 aliphatic heterocycles. The molecule has 154 valence electrons. The lowest BCUT2D eigenvalue weighted by Gasteiger charge is -2.06. The van der Waals surface area contributed by atoms with E-state index in [0.717, 1.165) is 23.4 Å². The number of aromatic nitrogens is 1. The van der Waals surface area contributed by atoms with Crippen LogP contribution in [0.5, 0.6) is 0 Å². The van der Waals surface area contributed by atoms with Gasteiger partial charge in [0.15, 0.2) is 16.8 Å². The highest BCUT2D eigenvalue weighted by atomic mass is 32.1. The molecule has 1 aromatic heterocycles. The van der Waals surface area contributed by atoms with Crippen LogP contribution < -0.4 is 10.6 Å². The molecule has 0 saturated heterocycles. The fourth-order valence-electron chi connectivity index (χ4n) is 3.09. The first-order valence-electron chi connectivity index (χ1n) is 9.50. The van der Waals surface area contributed by atoms with E-state index in [1.165, 1.54) is 17.4 Å². The van der Waals surface area contributed by atoms with Gasteiger partial charge in [-0.1, -0.05) is 13.0 Å². The van der Waals surface area contributed by atoms with E-state index in [1.54, 1.807) is 30.5 Å². The predicted molar refractivity (Wildman–Crippen MR) is 112 cm³/mol. The van der Waals surface area contributed by atoms with Crippen molar-refractivity contribution in [2.45, 2.75) is 19.8 Å². The predicted octanol–water partition coefficient (Wildman–Crippen LogP) is 4.86. The maximum Gasteiger partial charge on any atom is 0.257 e. The lowest BCUT2D eigenvalue weighted by Crippen LogP contribution is -2.15. The Bertz CT molecular complexity index is 1100. The molecule has 1 aliphatic rings. The fraction of sp³-hybridized carbons (Fsp3) is 0.227. The summed E-state index contributed by atoms with van der Waals surface area (Å²) in [6, 6.07) is 10.4. The van der Waals surface area contributed by atoms with E-state index >= 15 is 0 Å². The van der Waals surface area contributed by atoms with Gasteiger partial charge in [-0.3, -0.25) is 14.9 Å². The van der Waals surface area contributed by atoms with Crippen LogP contribution in [0.4, 0.5) is 19.6 Å². The first kappa shape index (κ1) is 20.2. The Kier molecular flexibility index (Phi) is 5.59. The highest BCUT2D eigenvalue weighted by molar-refractivity contribution is 7.15. The topological polar surface area (TPSA) is 71.1 Å². The third-order valence-corrected chi connectivity index (χ3v) is 5.91. The van der Waals surface area contributed by atoms with Crippen molar-refractivity contribution in [3.8, 4) is 0 Å². The molecule has 8 heteroatoms. The van der Waals surface area contributed by atoms with Gasteiger partial charge in [0, 0.05) is 34.7 Å². The minimum Gasteiger partial charge on any atom is -0.326 e. The molecule has 2 aromatic carbocycles. The molecule has 2 unspecified atom stereocenters. The van der Waals surface area contributed by atoms with Gasteiger partial charge >= 0.3 is 0 Å². The van der Waals surface area contributed by atoms with E-state index < -0.39 is 11.6 Å². The maximum atomic E-state index is 13.3. The normalized spacial score (nSPS) is 17.4. The zero-order valence-electron chi connectivity index (χ0n) is 16.1. The molecular formula is C22H19F2N3O2S. The van der Waals surface area contributed by atoms with Gasteiger partial charge in [-0.25, -0.2) is 13.8 Å². The van der Waals surface area contributed by atoms with E-state index in [0.29, 0.717) is 34.3 Å². The highest BCUT2D eigenvalue weighted by Gasteiger charge is 2.39. The van der Waals surface area contributed by atoms with Crippen molar-refractivity contribution in [2.24, 2.45) is 11.8 Å². The summed E-state index contributed by atoms with van der Waals surface area (Å²) in [4.78, 5) is 29.4. The molecule has 4 rings (SSSR count). The van der Waals surface area contributed by atoms with Crippen LogP contribution in [0.1, 0.15) is 34.1 Å². The number of nitrogens with one attached hydrogen (secondary N) is 2. The number of amides is 2. The number of benzene rings is 2. The largest absolute Gasteiger partial charge is 0.326 e. The van der Waals surface area contributed by atoms with Crippen LogP contribution in [0, 0.1) is 23.5 Å². The number of nitrogens with zero attached hydrogens (tertiary/aromatic N) is 1. The van der Waals surface area contributed by atoms with Gasteiger partial charge in [0.2, 0.25) is 5.91 Å². The number of carbonyl (C=O) groups is 2. The zero-order valence-corrected chi connectivity index (χ0v) is 16.9. The lowest BCUT2D eigenvalue weighted by atomic mass is 10.1. The summed E-state index contributed by atoms with van der Waals surface area (Å²) in [7, 11) is 0. The van der Waals surface area contributed by atoms with Crippen molar-refractivity contribution in [3.05, 3.63) is 76.3 Å². The van der Waals surface area contributed by atoms with Gasteiger partial charge in [-0.15, -0.1) is 11.3 Å². The van der Waals surface area contributed by atoms with Crippen molar-refractivity contribution in [3.63, 3.8) is 0 Å². The molecule has 1 fully saturated rings. The molecular weight excluding hydrogens is 408 g/mol. The van der Waals surface area contributed by atoms with E-state index in [4.69, 9.17) is 0 Å². The van der Waals surface area contributed by atoms with Gasteiger partial charge in [-0.05, 0) is 54.3 Å². The van der Waals surface area contributed by atoms with Gasteiger partial charge in [0.05, 0.1) is 0 Å². The quantitative estimate of drug-likeness (QED) is 0.590. The first-order chi connectivity index (χ1) is 14.4. The van der Waals surface area contributed by atoms with Crippen LogP contribution in [0.3, 0.4) is 0 Å². The minimum atomic E-state index is -0.892. The van der Waals surface area contributed by atoms with Crippen molar-refractivity contribution in [2.75, 3.05) is 10.6 Å². The number of anilines is 2. The number of thiazole rings is 1. The molecule has 2 amide bonds. The van der Waals surface area contributed by atoms with Crippen LogP contribution >= 0.6 is 11.3 Å². The van der Waals surface area contributed by atoms with Crippen molar-refractivity contribution < 1.29 is 18.4 Å². The van der Waals surface area contributed by atoms with Crippen LogP contribution in [0.15, 0.2) is 48.7 Å². The zero-order chi connectivity index (χ0) is 21.3. The Morgan fingerprint density at radius 2 is 1.83 bits per heavy atom. The Hall–Kier alpha value is -3.13. The highest BCUT2D eigenvalue weighted by Crippen LogP contribution is 2.38. The van der Waals surface area contributed by atoms with Gasteiger partial charge in [0.1, 0.15) is 0 Å². The Labute approximate surface area is 176 Å². The van der Waals surface area contributed by atoms with Crippen LogP contribution in [-0.2, 0) is 11.2 Å². The summed E-state index contributed by atoms with van der Waals surface area (Å²) in [5, 5.41) is 5.99. The lowest BCUT2D eigenvalue weighted by molar-refractivity contribution is -0.117. The van der Waals surface area contributed by atoms with E-state index in [1.807, 2.05) is 6.92 Å². The second-order valence-corrected chi connectivity index (χ2v) is 8.51. The molecule has 3 aromatic rings. The molecule has 2 atom stereocenters. The second-order valence-electron chi connectivity index (χ2n) is 7.40.